The molecule has 6 nitrogen and oxygen atoms in total. The van der Waals surface area contributed by atoms with E-state index in [1.807, 2.05) is 47.4 Å². The summed E-state index contributed by atoms with van der Waals surface area (Å²) in [5, 5.41) is 13.2. The number of aliphatic hydroxyl groups excluding tert-OH is 1. The Morgan fingerprint density at radius 1 is 0.941 bits per heavy atom. The van der Waals surface area contributed by atoms with Crippen LogP contribution in [0.5, 0.6) is 5.75 Å². The lowest BCUT2D eigenvalue weighted by Crippen LogP contribution is -2.41. The maximum absolute atomic E-state index is 12.9. The lowest BCUT2D eigenvalue weighted by atomic mass is 10.0. The maximum Gasteiger partial charge on any atom is 0.253 e. The van der Waals surface area contributed by atoms with Gasteiger partial charge in [0.1, 0.15) is 11.9 Å². The Morgan fingerprint density at radius 3 is 2.18 bits per heavy atom. The van der Waals surface area contributed by atoms with E-state index in [2.05, 4.69) is 5.32 Å². The van der Waals surface area contributed by atoms with Crippen LogP contribution < -0.4 is 10.1 Å². The van der Waals surface area contributed by atoms with E-state index in [0.29, 0.717) is 29.2 Å². The number of ether oxygens (including phenoxy) is 1. The molecule has 34 heavy (non-hydrogen) atoms. The van der Waals surface area contributed by atoms with Gasteiger partial charge in [0, 0.05) is 42.1 Å². The molecule has 1 fully saturated rings. The fourth-order valence-corrected chi connectivity index (χ4v) is 4.12. The topological polar surface area (TPSA) is 78.9 Å². The standard InChI is InChI=1S/C27H27ClN2O4/c28-22-10-12-23(13-11-22)34-24-14-16-30(17-15-24)27(33)21-8-6-20(7-9-21)26(32)29-25(18-31)19-4-2-1-3-5-19/h1-13,24-25,31H,14-18H2,(H,29,32). The molecule has 7 heteroatoms. The number of nitrogens with zero attached hydrogens (tertiary/aromatic N) is 1. The molecule has 1 saturated heterocycles. The number of hydrogen-bond acceptors (Lipinski definition) is 4. The first kappa shape index (κ1) is 23.8. The molecule has 176 valence electrons. The van der Waals surface area contributed by atoms with E-state index in [4.69, 9.17) is 16.3 Å². The molecular weight excluding hydrogens is 452 g/mol. The molecule has 1 unspecified atom stereocenters. The van der Waals surface area contributed by atoms with E-state index >= 15 is 0 Å². The molecule has 1 atom stereocenters. The van der Waals surface area contributed by atoms with Gasteiger partial charge in [0.2, 0.25) is 0 Å². The first-order chi connectivity index (χ1) is 16.5. The highest BCUT2D eigenvalue weighted by Gasteiger charge is 2.25. The number of halogens is 1. The number of aliphatic hydroxyl groups is 1. The third-order valence-electron chi connectivity index (χ3n) is 5.93. The summed E-state index contributed by atoms with van der Waals surface area (Å²) in [7, 11) is 0. The average molecular weight is 479 g/mol. The number of carbonyl (C=O) groups is 2. The van der Waals surface area contributed by atoms with Gasteiger partial charge in [-0.05, 0) is 54.1 Å². The third kappa shape index (κ3) is 5.95. The minimum absolute atomic E-state index is 0.0559. The molecular formula is C27H27ClN2O4. The van der Waals surface area contributed by atoms with Gasteiger partial charge in [-0.15, -0.1) is 0 Å². The second-order valence-electron chi connectivity index (χ2n) is 8.26. The molecule has 3 aromatic rings. The van der Waals surface area contributed by atoms with Crippen LogP contribution in [0.2, 0.25) is 5.02 Å². The van der Waals surface area contributed by atoms with Crippen molar-refractivity contribution >= 4 is 23.4 Å². The van der Waals surface area contributed by atoms with Crippen molar-refractivity contribution in [3.05, 3.63) is 101 Å². The van der Waals surface area contributed by atoms with Crippen molar-refractivity contribution in [3.63, 3.8) is 0 Å². The molecule has 1 aliphatic heterocycles. The van der Waals surface area contributed by atoms with Crippen LogP contribution in [0.3, 0.4) is 0 Å². The van der Waals surface area contributed by atoms with Crippen LogP contribution >= 0.6 is 11.6 Å². The fraction of sp³-hybridized carbons (Fsp3) is 0.259. The van der Waals surface area contributed by atoms with Gasteiger partial charge < -0.3 is 20.1 Å². The summed E-state index contributed by atoms with van der Waals surface area (Å²) in [4.78, 5) is 27.4. The summed E-state index contributed by atoms with van der Waals surface area (Å²) in [6, 6.07) is 22.7. The average Bonchev–Trinajstić information content (AvgIpc) is 2.89. The predicted molar refractivity (Wildman–Crippen MR) is 131 cm³/mol. The SMILES string of the molecule is O=C(NC(CO)c1ccccc1)c1ccc(C(=O)N2CCC(Oc3ccc(Cl)cc3)CC2)cc1. The van der Waals surface area contributed by atoms with Gasteiger partial charge in [0.15, 0.2) is 0 Å². The van der Waals surface area contributed by atoms with Crippen LogP contribution in [-0.2, 0) is 0 Å². The molecule has 2 N–H and O–H groups in total. The fourth-order valence-electron chi connectivity index (χ4n) is 3.99. The highest BCUT2D eigenvalue weighted by atomic mass is 35.5. The molecule has 0 saturated carbocycles. The molecule has 0 bridgehead atoms. The molecule has 0 radical (unpaired) electrons. The summed E-state index contributed by atoms with van der Waals surface area (Å²) in [6.45, 7) is 1.01. The van der Waals surface area contributed by atoms with Gasteiger partial charge in [0.25, 0.3) is 11.8 Å². The summed E-state index contributed by atoms with van der Waals surface area (Å²) >= 11 is 5.92. The highest BCUT2D eigenvalue weighted by Crippen LogP contribution is 2.22. The van der Waals surface area contributed by atoms with Crippen molar-refractivity contribution in [1.82, 2.24) is 10.2 Å². The van der Waals surface area contributed by atoms with Crippen molar-refractivity contribution in [1.29, 1.82) is 0 Å². The smallest absolute Gasteiger partial charge is 0.253 e. The van der Waals surface area contributed by atoms with E-state index < -0.39 is 6.04 Å². The predicted octanol–water partition coefficient (Wildman–Crippen LogP) is 4.49. The Balaban J connectivity index is 1.30. The Hall–Kier alpha value is -3.35. The monoisotopic (exact) mass is 478 g/mol. The van der Waals surface area contributed by atoms with Crippen LogP contribution in [0.1, 0.15) is 45.2 Å². The number of nitrogens with one attached hydrogen (secondary N) is 1. The zero-order valence-corrected chi connectivity index (χ0v) is 19.4. The minimum atomic E-state index is -0.494. The number of carbonyl (C=O) groups excluding carboxylic acids is 2. The van der Waals surface area contributed by atoms with Gasteiger partial charge in [-0.25, -0.2) is 0 Å². The summed E-state index contributed by atoms with van der Waals surface area (Å²) in [5.41, 5.74) is 1.80. The zero-order valence-electron chi connectivity index (χ0n) is 18.7. The van der Waals surface area contributed by atoms with Crippen LogP contribution in [0.25, 0.3) is 0 Å². The number of amides is 2. The Labute approximate surface area is 204 Å². The van der Waals surface area contributed by atoms with E-state index in [9.17, 15) is 14.7 Å². The lowest BCUT2D eigenvalue weighted by molar-refractivity contribution is 0.0595. The molecule has 2 amide bonds. The van der Waals surface area contributed by atoms with Crippen molar-refractivity contribution in [2.24, 2.45) is 0 Å². The second kappa shape index (κ2) is 11.2. The third-order valence-corrected chi connectivity index (χ3v) is 6.18. The molecule has 3 aromatic carbocycles. The Kier molecular flexibility index (Phi) is 7.83. The van der Waals surface area contributed by atoms with E-state index in [0.717, 1.165) is 24.2 Å². The lowest BCUT2D eigenvalue weighted by Gasteiger charge is -2.32. The largest absolute Gasteiger partial charge is 0.490 e. The summed E-state index contributed by atoms with van der Waals surface area (Å²) in [5.74, 6) is 0.412. The van der Waals surface area contributed by atoms with E-state index in [1.54, 1.807) is 36.4 Å². The molecule has 4 rings (SSSR count). The van der Waals surface area contributed by atoms with Crippen LogP contribution in [-0.4, -0.2) is 47.6 Å². The van der Waals surface area contributed by atoms with Gasteiger partial charge in [-0.2, -0.15) is 0 Å². The first-order valence-electron chi connectivity index (χ1n) is 11.3. The van der Waals surface area contributed by atoms with E-state index in [-0.39, 0.29) is 24.5 Å². The zero-order chi connectivity index (χ0) is 23.9. The Morgan fingerprint density at radius 2 is 1.56 bits per heavy atom. The maximum atomic E-state index is 12.9. The second-order valence-corrected chi connectivity index (χ2v) is 8.70. The molecule has 0 aromatic heterocycles. The quantitative estimate of drug-likeness (QED) is 0.524. The number of rotatable bonds is 7. The number of benzene rings is 3. The number of hydrogen-bond donors (Lipinski definition) is 2. The molecule has 1 heterocycles. The van der Waals surface area contributed by atoms with Gasteiger partial charge in [-0.1, -0.05) is 41.9 Å². The van der Waals surface area contributed by atoms with Gasteiger partial charge in [0.05, 0.1) is 12.6 Å². The molecule has 0 spiro atoms. The number of piperidine rings is 1. The molecule has 1 aliphatic rings. The normalized spacial score (nSPS) is 14.9. The van der Waals surface area contributed by atoms with Crippen molar-refractivity contribution in [3.8, 4) is 5.75 Å². The van der Waals surface area contributed by atoms with Gasteiger partial charge in [-0.3, -0.25) is 9.59 Å². The van der Waals surface area contributed by atoms with Gasteiger partial charge >= 0.3 is 0 Å². The van der Waals surface area contributed by atoms with Crippen molar-refractivity contribution in [2.45, 2.75) is 25.0 Å². The van der Waals surface area contributed by atoms with Crippen LogP contribution in [0.15, 0.2) is 78.9 Å². The van der Waals surface area contributed by atoms with Crippen molar-refractivity contribution in [2.75, 3.05) is 19.7 Å². The van der Waals surface area contributed by atoms with Crippen LogP contribution in [0, 0.1) is 0 Å². The number of likely N-dealkylation sites (tertiary alicyclic amines) is 1. The van der Waals surface area contributed by atoms with Crippen molar-refractivity contribution < 1.29 is 19.4 Å². The summed E-state index contributed by atoms with van der Waals surface area (Å²) < 4.78 is 6.00. The molecule has 0 aliphatic carbocycles. The minimum Gasteiger partial charge on any atom is -0.490 e. The first-order valence-corrected chi connectivity index (χ1v) is 11.7. The van der Waals surface area contributed by atoms with E-state index in [1.165, 1.54) is 0 Å². The highest BCUT2D eigenvalue weighted by molar-refractivity contribution is 6.30. The van der Waals surface area contributed by atoms with Crippen LogP contribution in [0.4, 0.5) is 0 Å². The summed E-state index contributed by atoms with van der Waals surface area (Å²) in [6.07, 6.45) is 1.55. The Bertz CT molecular complexity index is 1100.